The number of fused-ring (bicyclic) bond motifs is 1. The van der Waals surface area contributed by atoms with Gasteiger partial charge in [0.15, 0.2) is 0 Å². The molecule has 0 unspecified atom stereocenters. The van der Waals surface area contributed by atoms with Crippen molar-refractivity contribution in [3.63, 3.8) is 0 Å². The fourth-order valence-corrected chi connectivity index (χ4v) is 4.73. The van der Waals surface area contributed by atoms with Crippen molar-refractivity contribution >= 4 is 11.6 Å². The molecule has 0 spiro atoms. The van der Waals surface area contributed by atoms with Gasteiger partial charge in [-0.25, -0.2) is 0 Å². The summed E-state index contributed by atoms with van der Waals surface area (Å²) in [4.78, 5) is 24.1. The van der Waals surface area contributed by atoms with Gasteiger partial charge in [0.25, 0.3) is 11.6 Å². The van der Waals surface area contributed by atoms with Gasteiger partial charge in [0, 0.05) is 23.2 Å². The van der Waals surface area contributed by atoms with E-state index in [1.165, 1.54) is 6.42 Å². The number of hydrogen-bond acceptors (Lipinski definition) is 5. The molecule has 4 rings (SSSR count). The molecule has 1 amide bonds. The maximum absolute atomic E-state index is 12.9. The first-order valence-electron chi connectivity index (χ1n) is 10.9. The van der Waals surface area contributed by atoms with Crippen LogP contribution in [0.5, 0.6) is 17.2 Å². The first kappa shape index (κ1) is 21.2. The lowest BCUT2D eigenvalue weighted by Gasteiger charge is -2.23. The number of benzene rings is 2. The molecule has 1 saturated carbocycles. The number of nitro groups is 1. The molecule has 31 heavy (non-hydrogen) atoms. The molecule has 2 aromatic carbocycles. The minimum Gasteiger partial charge on any atom is -0.496 e. The van der Waals surface area contributed by atoms with E-state index in [0.717, 1.165) is 55.2 Å². The second-order valence-corrected chi connectivity index (χ2v) is 8.38. The minimum absolute atomic E-state index is 0.166. The summed E-state index contributed by atoms with van der Waals surface area (Å²) in [6.07, 6.45) is 7.78. The highest BCUT2D eigenvalue weighted by molar-refractivity contribution is 5.97. The number of nitrogens with one attached hydrogen (secondary N) is 1. The predicted molar refractivity (Wildman–Crippen MR) is 117 cm³/mol. The molecular formula is C24H28N2O5. The van der Waals surface area contributed by atoms with Crippen LogP contribution in [0.15, 0.2) is 24.3 Å². The normalized spacial score (nSPS) is 15.9. The van der Waals surface area contributed by atoms with Crippen LogP contribution in [0.1, 0.15) is 65.6 Å². The van der Waals surface area contributed by atoms with Gasteiger partial charge in [0.05, 0.1) is 17.6 Å². The van der Waals surface area contributed by atoms with Crippen molar-refractivity contribution in [1.82, 2.24) is 5.32 Å². The van der Waals surface area contributed by atoms with Crippen molar-refractivity contribution in [2.45, 2.75) is 64.3 Å². The summed E-state index contributed by atoms with van der Waals surface area (Å²) in [6.45, 7) is 1.82. The van der Waals surface area contributed by atoms with Gasteiger partial charge < -0.3 is 14.8 Å². The Bertz CT molecular complexity index is 1010. The number of nitrogens with zero attached hydrogens (tertiary/aromatic N) is 1. The van der Waals surface area contributed by atoms with Crippen molar-refractivity contribution in [2.24, 2.45) is 0 Å². The van der Waals surface area contributed by atoms with E-state index in [4.69, 9.17) is 9.47 Å². The Balaban J connectivity index is 1.63. The first-order valence-corrected chi connectivity index (χ1v) is 10.9. The summed E-state index contributed by atoms with van der Waals surface area (Å²) < 4.78 is 11.6. The third kappa shape index (κ3) is 4.36. The lowest BCUT2D eigenvalue weighted by molar-refractivity contribution is -0.385. The van der Waals surface area contributed by atoms with Crippen LogP contribution in [0, 0.1) is 17.0 Å². The highest BCUT2D eigenvalue weighted by Gasteiger charge is 2.28. The second kappa shape index (κ2) is 8.96. The van der Waals surface area contributed by atoms with Crippen molar-refractivity contribution in [1.29, 1.82) is 0 Å². The summed E-state index contributed by atoms with van der Waals surface area (Å²) in [5, 5.41) is 14.6. The van der Waals surface area contributed by atoms with Gasteiger partial charge in [-0.05, 0) is 62.8 Å². The average molecular weight is 424 g/mol. The van der Waals surface area contributed by atoms with Gasteiger partial charge in [-0.2, -0.15) is 0 Å². The minimum atomic E-state index is -0.317. The van der Waals surface area contributed by atoms with Gasteiger partial charge in [-0.3, -0.25) is 14.9 Å². The third-order valence-corrected chi connectivity index (χ3v) is 6.29. The van der Waals surface area contributed by atoms with E-state index in [1.807, 2.05) is 6.92 Å². The standard InChI is InChI=1S/C24H28N2O5/c1-15-13-21(26(28)29)18-9-6-10-19(18)23(15)31-17-11-12-22(30-2)20(14-17)24(27)25-16-7-4-3-5-8-16/h11-14,16H,3-10H2,1-2H3,(H,25,27). The molecule has 0 aromatic heterocycles. The molecule has 1 fully saturated rings. The molecule has 164 valence electrons. The third-order valence-electron chi connectivity index (χ3n) is 6.29. The van der Waals surface area contributed by atoms with Gasteiger partial charge in [0.2, 0.25) is 0 Å². The zero-order chi connectivity index (χ0) is 22.0. The van der Waals surface area contributed by atoms with Gasteiger partial charge in [-0.15, -0.1) is 0 Å². The molecule has 2 aliphatic carbocycles. The molecule has 1 N–H and O–H groups in total. The highest BCUT2D eigenvalue weighted by Crippen LogP contribution is 2.42. The molecule has 0 heterocycles. The fourth-order valence-electron chi connectivity index (χ4n) is 4.73. The summed E-state index contributed by atoms with van der Waals surface area (Å²) in [5.41, 5.74) is 2.97. The molecule has 2 aromatic rings. The Kier molecular flexibility index (Phi) is 6.11. The summed E-state index contributed by atoms with van der Waals surface area (Å²) in [6, 6.07) is 6.96. The Labute approximate surface area is 181 Å². The van der Waals surface area contributed by atoms with Gasteiger partial charge in [-0.1, -0.05) is 19.3 Å². The number of amides is 1. The summed E-state index contributed by atoms with van der Waals surface area (Å²) in [7, 11) is 1.54. The van der Waals surface area contributed by atoms with E-state index >= 15 is 0 Å². The summed E-state index contributed by atoms with van der Waals surface area (Å²) >= 11 is 0. The molecule has 7 nitrogen and oxygen atoms in total. The topological polar surface area (TPSA) is 90.7 Å². The van der Waals surface area contributed by atoms with Crippen LogP contribution >= 0.6 is 0 Å². The van der Waals surface area contributed by atoms with Crippen LogP contribution < -0.4 is 14.8 Å². The number of carbonyl (C=O) groups excluding carboxylic acids is 1. The number of nitro benzene ring substituents is 1. The van der Waals surface area contributed by atoms with Crippen molar-refractivity contribution < 1.29 is 19.2 Å². The average Bonchev–Trinajstić information content (AvgIpc) is 3.25. The zero-order valence-corrected chi connectivity index (χ0v) is 18.0. The highest BCUT2D eigenvalue weighted by atomic mass is 16.6. The van der Waals surface area contributed by atoms with E-state index in [2.05, 4.69) is 5.32 Å². The van der Waals surface area contributed by atoms with Crippen LogP contribution in [0.2, 0.25) is 0 Å². The Hall–Kier alpha value is -3.09. The van der Waals surface area contributed by atoms with Crippen LogP contribution in [0.3, 0.4) is 0 Å². The lowest BCUT2D eigenvalue weighted by atomic mass is 9.95. The van der Waals surface area contributed by atoms with Crippen molar-refractivity contribution in [3.05, 3.63) is 56.6 Å². The number of rotatable bonds is 6. The van der Waals surface area contributed by atoms with Crippen molar-refractivity contribution in [2.75, 3.05) is 7.11 Å². The first-order chi connectivity index (χ1) is 15.0. The quantitative estimate of drug-likeness (QED) is 0.505. The van der Waals surface area contributed by atoms with Gasteiger partial charge in [0.1, 0.15) is 17.2 Å². The largest absolute Gasteiger partial charge is 0.496 e. The van der Waals surface area contributed by atoms with Crippen LogP contribution in [0.25, 0.3) is 0 Å². The summed E-state index contributed by atoms with van der Waals surface area (Å²) in [5.74, 6) is 1.49. The Morgan fingerprint density at radius 3 is 2.55 bits per heavy atom. The predicted octanol–water partition coefficient (Wildman–Crippen LogP) is 5.26. The zero-order valence-electron chi connectivity index (χ0n) is 18.0. The maximum atomic E-state index is 12.9. The van der Waals surface area contributed by atoms with E-state index in [9.17, 15) is 14.9 Å². The van der Waals surface area contributed by atoms with E-state index in [0.29, 0.717) is 29.2 Å². The van der Waals surface area contributed by atoms with Crippen LogP contribution in [0.4, 0.5) is 5.69 Å². The van der Waals surface area contributed by atoms with E-state index in [-0.39, 0.29) is 22.6 Å². The van der Waals surface area contributed by atoms with E-state index in [1.54, 1.807) is 31.4 Å². The number of ether oxygens (including phenoxy) is 2. The molecule has 0 atom stereocenters. The molecule has 7 heteroatoms. The molecular weight excluding hydrogens is 396 g/mol. The smallest absolute Gasteiger partial charge is 0.273 e. The molecule has 0 aliphatic heterocycles. The fraction of sp³-hybridized carbons (Fsp3) is 0.458. The Morgan fingerprint density at radius 1 is 1.10 bits per heavy atom. The molecule has 0 bridgehead atoms. The van der Waals surface area contributed by atoms with Crippen LogP contribution in [-0.2, 0) is 12.8 Å². The SMILES string of the molecule is COc1ccc(Oc2c(C)cc([N+](=O)[O-])c3c2CCC3)cc1C(=O)NC1CCCCC1. The number of methoxy groups -OCH3 is 1. The number of aryl methyl sites for hydroxylation is 1. The molecule has 0 radical (unpaired) electrons. The van der Waals surface area contributed by atoms with Crippen molar-refractivity contribution in [3.8, 4) is 17.2 Å². The maximum Gasteiger partial charge on any atom is 0.273 e. The van der Waals surface area contributed by atoms with Gasteiger partial charge >= 0.3 is 0 Å². The number of hydrogen-bond donors (Lipinski definition) is 1. The monoisotopic (exact) mass is 424 g/mol. The number of carbonyl (C=O) groups is 1. The lowest BCUT2D eigenvalue weighted by Crippen LogP contribution is -2.36. The molecule has 2 aliphatic rings. The molecule has 0 saturated heterocycles. The van der Waals surface area contributed by atoms with E-state index < -0.39 is 0 Å². The van der Waals surface area contributed by atoms with Crippen LogP contribution in [-0.4, -0.2) is 24.0 Å². The Morgan fingerprint density at radius 2 is 1.84 bits per heavy atom. The second-order valence-electron chi connectivity index (χ2n) is 8.38.